The molecule has 1 amide bonds. The summed E-state index contributed by atoms with van der Waals surface area (Å²) in [5, 5.41) is 2.73. The zero-order valence-electron chi connectivity index (χ0n) is 14.8. The number of hydrogen-bond donors (Lipinski definition) is 1. The summed E-state index contributed by atoms with van der Waals surface area (Å²) in [6, 6.07) is 6.62. The van der Waals surface area contributed by atoms with Gasteiger partial charge in [0.25, 0.3) is 0 Å². The number of ether oxygens (including phenoxy) is 3. The van der Waals surface area contributed by atoms with E-state index in [1.54, 1.807) is 65.1 Å². The quantitative estimate of drug-likeness (QED) is 0.637. The first-order valence-corrected chi connectivity index (χ1v) is 7.73. The molecule has 6 heteroatoms. The van der Waals surface area contributed by atoms with Crippen LogP contribution in [0.15, 0.2) is 36.4 Å². The van der Waals surface area contributed by atoms with Crippen LogP contribution < -0.4 is 10.1 Å². The topological polar surface area (TPSA) is 73.9 Å². The summed E-state index contributed by atoms with van der Waals surface area (Å²) < 4.78 is 15.2. The molecule has 1 aromatic rings. The van der Waals surface area contributed by atoms with E-state index in [0.717, 1.165) is 5.56 Å². The molecule has 0 aliphatic rings. The summed E-state index contributed by atoms with van der Waals surface area (Å²) in [6.07, 6.45) is 2.27. The second kappa shape index (κ2) is 8.96. The third kappa shape index (κ3) is 7.17. The molecule has 1 N–H and O–H groups in total. The van der Waals surface area contributed by atoms with Gasteiger partial charge < -0.3 is 19.5 Å². The number of carbonyl (C=O) groups excluding carboxylic acids is 2. The van der Waals surface area contributed by atoms with Crippen molar-refractivity contribution in [1.82, 2.24) is 5.32 Å². The van der Waals surface area contributed by atoms with E-state index in [9.17, 15) is 9.59 Å². The van der Waals surface area contributed by atoms with Gasteiger partial charge in [-0.3, -0.25) is 0 Å². The molecule has 24 heavy (non-hydrogen) atoms. The molecule has 132 valence electrons. The number of rotatable bonds is 6. The van der Waals surface area contributed by atoms with E-state index in [0.29, 0.717) is 5.75 Å². The van der Waals surface area contributed by atoms with Crippen molar-refractivity contribution < 1.29 is 23.8 Å². The average molecular weight is 335 g/mol. The number of nitrogens with one attached hydrogen (secondary N) is 1. The second-order valence-corrected chi connectivity index (χ2v) is 6.01. The predicted molar refractivity (Wildman–Crippen MR) is 90.9 cm³/mol. The molecule has 0 aliphatic carbocycles. The molecule has 0 unspecified atom stereocenters. The highest BCUT2D eigenvalue weighted by Crippen LogP contribution is 2.19. The predicted octanol–water partition coefficient (Wildman–Crippen LogP) is 3.38. The molecule has 0 aromatic heterocycles. The molecule has 0 spiro atoms. The zero-order valence-corrected chi connectivity index (χ0v) is 14.8. The maximum Gasteiger partial charge on any atom is 0.408 e. The van der Waals surface area contributed by atoms with Crippen LogP contribution in [0, 0.1) is 0 Å². The molecule has 6 nitrogen and oxygen atoms in total. The van der Waals surface area contributed by atoms with Crippen LogP contribution in [0.1, 0.15) is 39.3 Å². The summed E-state index contributed by atoms with van der Waals surface area (Å²) in [5.41, 5.74) is 0.168. The largest absolute Gasteiger partial charge is 0.497 e. The third-order valence-electron chi connectivity index (χ3n) is 2.86. The van der Waals surface area contributed by atoms with Gasteiger partial charge in [0.2, 0.25) is 0 Å². The van der Waals surface area contributed by atoms with E-state index in [-0.39, 0.29) is 6.61 Å². The molecule has 0 saturated carbocycles. The van der Waals surface area contributed by atoms with E-state index in [1.165, 1.54) is 6.08 Å². The lowest BCUT2D eigenvalue weighted by Crippen LogP contribution is -2.34. The van der Waals surface area contributed by atoms with Crippen molar-refractivity contribution in [3.63, 3.8) is 0 Å². The van der Waals surface area contributed by atoms with E-state index < -0.39 is 23.7 Å². The van der Waals surface area contributed by atoms with Gasteiger partial charge in [0, 0.05) is 6.08 Å². The zero-order chi connectivity index (χ0) is 18.2. The van der Waals surface area contributed by atoms with Gasteiger partial charge in [-0.1, -0.05) is 18.2 Å². The van der Waals surface area contributed by atoms with E-state index in [4.69, 9.17) is 14.2 Å². The van der Waals surface area contributed by atoms with Gasteiger partial charge in [-0.15, -0.1) is 0 Å². The minimum atomic E-state index is -0.612. The summed E-state index contributed by atoms with van der Waals surface area (Å²) in [5.74, 6) is 0.228. The van der Waals surface area contributed by atoms with Crippen molar-refractivity contribution in [2.24, 2.45) is 0 Å². The van der Waals surface area contributed by atoms with Crippen molar-refractivity contribution >= 4 is 12.1 Å². The first kappa shape index (κ1) is 19.5. The molecule has 1 rings (SSSR count). The third-order valence-corrected chi connectivity index (χ3v) is 2.86. The standard InChI is InChI=1S/C18H25NO5/c1-6-23-16(20)12-11-15(19-17(21)24-18(2,3)4)13-7-9-14(22-5)10-8-13/h7-12,15H,6H2,1-5H3,(H,19,21)/b12-11+/t15-/m0/s1. The van der Waals surface area contributed by atoms with Crippen LogP contribution in [0.3, 0.4) is 0 Å². The van der Waals surface area contributed by atoms with Crippen LogP contribution in [0.2, 0.25) is 0 Å². The van der Waals surface area contributed by atoms with Crippen LogP contribution in [-0.2, 0) is 14.3 Å². The van der Waals surface area contributed by atoms with Gasteiger partial charge in [-0.05, 0) is 45.4 Å². The number of carbonyl (C=O) groups is 2. The summed E-state index contributed by atoms with van der Waals surface area (Å²) >= 11 is 0. The van der Waals surface area contributed by atoms with Crippen molar-refractivity contribution in [3.8, 4) is 5.75 Å². The van der Waals surface area contributed by atoms with E-state index >= 15 is 0 Å². The Labute approximate surface area is 142 Å². The maximum atomic E-state index is 12.0. The Morgan fingerprint density at radius 1 is 1.21 bits per heavy atom. The fourth-order valence-corrected chi connectivity index (χ4v) is 1.85. The average Bonchev–Trinajstić information content (AvgIpc) is 2.50. The molecular weight excluding hydrogens is 310 g/mol. The highest BCUT2D eigenvalue weighted by Gasteiger charge is 2.19. The normalized spacial score (nSPS) is 12.5. The van der Waals surface area contributed by atoms with Crippen LogP contribution >= 0.6 is 0 Å². The molecule has 0 fully saturated rings. The van der Waals surface area contributed by atoms with Gasteiger partial charge in [-0.2, -0.15) is 0 Å². The minimum Gasteiger partial charge on any atom is -0.497 e. The smallest absolute Gasteiger partial charge is 0.408 e. The Morgan fingerprint density at radius 3 is 2.33 bits per heavy atom. The summed E-state index contributed by atoms with van der Waals surface area (Å²) in [4.78, 5) is 23.5. The Morgan fingerprint density at radius 2 is 1.83 bits per heavy atom. The number of hydrogen-bond acceptors (Lipinski definition) is 5. The lowest BCUT2D eigenvalue weighted by molar-refractivity contribution is -0.137. The Hall–Kier alpha value is -2.50. The number of benzene rings is 1. The minimum absolute atomic E-state index is 0.288. The summed E-state index contributed by atoms with van der Waals surface area (Å²) in [6.45, 7) is 7.36. The van der Waals surface area contributed by atoms with Gasteiger partial charge in [0.15, 0.2) is 0 Å². The molecule has 0 bridgehead atoms. The number of methoxy groups -OCH3 is 1. The van der Waals surface area contributed by atoms with Crippen molar-refractivity contribution in [1.29, 1.82) is 0 Å². The van der Waals surface area contributed by atoms with Crippen LogP contribution in [-0.4, -0.2) is 31.4 Å². The lowest BCUT2D eigenvalue weighted by Gasteiger charge is -2.22. The van der Waals surface area contributed by atoms with Crippen molar-refractivity contribution in [3.05, 3.63) is 42.0 Å². The number of amides is 1. The monoisotopic (exact) mass is 335 g/mol. The molecule has 0 aliphatic heterocycles. The fraction of sp³-hybridized carbons (Fsp3) is 0.444. The van der Waals surface area contributed by atoms with E-state index in [1.807, 2.05) is 0 Å². The van der Waals surface area contributed by atoms with Crippen LogP contribution in [0.4, 0.5) is 4.79 Å². The Kier molecular flexibility index (Phi) is 7.30. The Bertz CT molecular complexity index is 572. The van der Waals surface area contributed by atoms with Gasteiger partial charge in [0.1, 0.15) is 11.4 Å². The van der Waals surface area contributed by atoms with Gasteiger partial charge in [-0.25, -0.2) is 9.59 Å². The highest BCUT2D eigenvalue weighted by molar-refractivity contribution is 5.82. The second-order valence-electron chi connectivity index (χ2n) is 6.01. The fourth-order valence-electron chi connectivity index (χ4n) is 1.85. The Balaban J connectivity index is 2.93. The SMILES string of the molecule is CCOC(=O)/C=C/[C@H](NC(=O)OC(C)(C)C)c1ccc(OC)cc1. The molecule has 0 saturated heterocycles. The molecule has 0 radical (unpaired) electrons. The summed E-state index contributed by atoms with van der Waals surface area (Å²) in [7, 11) is 1.58. The highest BCUT2D eigenvalue weighted by atomic mass is 16.6. The van der Waals surface area contributed by atoms with Crippen molar-refractivity contribution in [2.75, 3.05) is 13.7 Å². The molecule has 0 heterocycles. The first-order valence-electron chi connectivity index (χ1n) is 7.73. The van der Waals surface area contributed by atoms with Gasteiger partial charge in [0.05, 0.1) is 19.8 Å². The molecular formula is C18H25NO5. The van der Waals surface area contributed by atoms with Crippen molar-refractivity contribution in [2.45, 2.75) is 39.3 Å². The molecule has 1 aromatic carbocycles. The molecule has 1 atom stereocenters. The number of alkyl carbamates (subject to hydrolysis) is 1. The van der Waals surface area contributed by atoms with Gasteiger partial charge >= 0.3 is 12.1 Å². The first-order chi connectivity index (χ1) is 11.2. The number of esters is 1. The van der Waals surface area contributed by atoms with E-state index in [2.05, 4.69) is 5.32 Å². The van der Waals surface area contributed by atoms with Crippen LogP contribution in [0.25, 0.3) is 0 Å². The van der Waals surface area contributed by atoms with Crippen LogP contribution in [0.5, 0.6) is 5.75 Å². The lowest BCUT2D eigenvalue weighted by atomic mass is 10.1. The maximum absolute atomic E-state index is 12.0.